The second kappa shape index (κ2) is 6.89. The van der Waals surface area contributed by atoms with E-state index in [1.165, 1.54) is 12.5 Å². The van der Waals surface area contributed by atoms with Crippen molar-refractivity contribution in [1.29, 1.82) is 0 Å². The molecule has 21 heavy (non-hydrogen) atoms. The Labute approximate surface area is 131 Å². The van der Waals surface area contributed by atoms with Crippen molar-refractivity contribution in [3.63, 3.8) is 0 Å². The summed E-state index contributed by atoms with van der Waals surface area (Å²) in [4.78, 5) is 15.1. The van der Waals surface area contributed by atoms with Crippen LogP contribution in [0.1, 0.15) is 45.1 Å². The minimum absolute atomic E-state index is 0.0722. The van der Waals surface area contributed by atoms with Crippen molar-refractivity contribution in [2.45, 2.75) is 51.5 Å². The van der Waals surface area contributed by atoms with E-state index in [-0.39, 0.29) is 17.2 Å². The normalized spacial score (nSPS) is 19.2. The third-order valence-corrected chi connectivity index (χ3v) is 5.15. The number of carbonyl (C=O) groups is 1. The molecule has 1 atom stereocenters. The van der Waals surface area contributed by atoms with Gasteiger partial charge in [0, 0.05) is 6.42 Å². The molecule has 1 aromatic rings. The largest absolute Gasteiger partial charge is 0.297 e. The van der Waals surface area contributed by atoms with Crippen LogP contribution in [0.25, 0.3) is 0 Å². The molecule has 0 bridgehead atoms. The maximum atomic E-state index is 13.5. The highest BCUT2D eigenvalue weighted by Crippen LogP contribution is 2.28. The lowest BCUT2D eigenvalue weighted by atomic mass is 9.86. The number of benzene rings is 1. The molecule has 2 nitrogen and oxygen atoms in total. The zero-order valence-electron chi connectivity index (χ0n) is 12.8. The van der Waals surface area contributed by atoms with Crippen LogP contribution in [0.15, 0.2) is 18.2 Å². The summed E-state index contributed by atoms with van der Waals surface area (Å²) in [5.74, 6) is -0.336. The highest BCUT2D eigenvalue weighted by Gasteiger charge is 2.37. The van der Waals surface area contributed by atoms with Gasteiger partial charge in [-0.15, -0.1) is 0 Å². The molecular weight excluding hydrogens is 289 g/mol. The van der Waals surface area contributed by atoms with Crippen LogP contribution >= 0.6 is 11.6 Å². The smallest absolute Gasteiger partial charge is 0.157 e. The van der Waals surface area contributed by atoms with E-state index in [9.17, 15) is 9.18 Å². The van der Waals surface area contributed by atoms with E-state index in [0.717, 1.165) is 32.4 Å². The predicted octanol–water partition coefficient (Wildman–Crippen LogP) is 4.25. The van der Waals surface area contributed by atoms with Gasteiger partial charge in [-0.05, 0) is 50.9 Å². The van der Waals surface area contributed by atoms with Crippen molar-refractivity contribution in [2.24, 2.45) is 0 Å². The highest BCUT2D eigenvalue weighted by molar-refractivity contribution is 6.31. The zero-order valence-corrected chi connectivity index (χ0v) is 13.5. The van der Waals surface area contributed by atoms with Gasteiger partial charge < -0.3 is 0 Å². The van der Waals surface area contributed by atoms with Gasteiger partial charge in [-0.1, -0.05) is 37.1 Å². The second-order valence-electron chi connectivity index (χ2n) is 5.99. The first-order valence-corrected chi connectivity index (χ1v) is 8.08. The summed E-state index contributed by atoms with van der Waals surface area (Å²) >= 11 is 5.98. The first kappa shape index (κ1) is 16.4. The molecule has 1 aromatic carbocycles. The van der Waals surface area contributed by atoms with Gasteiger partial charge in [-0.25, -0.2) is 4.39 Å². The molecule has 0 radical (unpaired) electrons. The number of ketones is 1. The fourth-order valence-corrected chi connectivity index (χ4v) is 3.23. The molecule has 1 heterocycles. The number of hydrogen-bond donors (Lipinski definition) is 0. The second-order valence-corrected chi connectivity index (χ2v) is 6.37. The van der Waals surface area contributed by atoms with E-state index in [1.807, 2.05) is 13.8 Å². The molecule has 4 heteroatoms. The Bertz CT molecular complexity index is 514. The van der Waals surface area contributed by atoms with E-state index < -0.39 is 11.4 Å². The van der Waals surface area contributed by atoms with Gasteiger partial charge in [0.2, 0.25) is 0 Å². The molecule has 116 valence electrons. The number of carbonyl (C=O) groups excluding carboxylic acids is 1. The van der Waals surface area contributed by atoms with Gasteiger partial charge in [0.1, 0.15) is 5.82 Å². The quantitative estimate of drug-likeness (QED) is 0.810. The summed E-state index contributed by atoms with van der Waals surface area (Å²) in [7, 11) is 0. The highest BCUT2D eigenvalue weighted by atomic mass is 35.5. The number of hydrogen-bond acceptors (Lipinski definition) is 2. The topological polar surface area (TPSA) is 20.3 Å². The third-order valence-electron chi connectivity index (χ3n) is 4.73. The molecule has 1 aliphatic heterocycles. The van der Waals surface area contributed by atoms with Gasteiger partial charge in [0.05, 0.1) is 10.6 Å². The summed E-state index contributed by atoms with van der Waals surface area (Å²) in [6.07, 6.45) is 4.48. The van der Waals surface area contributed by atoms with E-state index in [2.05, 4.69) is 4.90 Å². The molecule has 1 unspecified atom stereocenters. The molecule has 1 saturated heterocycles. The fourth-order valence-electron chi connectivity index (χ4n) is 3.03. The molecule has 0 spiro atoms. The number of halogens is 2. The van der Waals surface area contributed by atoms with Gasteiger partial charge in [0.15, 0.2) is 5.78 Å². The van der Waals surface area contributed by atoms with E-state index in [0.29, 0.717) is 5.56 Å². The van der Waals surface area contributed by atoms with Crippen LogP contribution in [0.2, 0.25) is 5.02 Å². The van der Waals surface area contributed by atoms with Crippen LogP contribution in [0.5, 0.6) is 0 Å². The average Bonchev–Trinajstić information content (AvgIpc) is 2.51. The molecular formula is C17H23ClFNO. The van der Waals surface area contributed by atoms with Gasteiger partial charge in [-0.2, -0.15) is 0 Å². The first-order valence-electron chi connectivity index (χ1n) is 7.70. The summed E-state index contributed by atoms with van der Waals surface area (Å²) in [6.45, 7) is 5.98. The Morgan fingerprint density at radius 1 is 1.33 bits per heavy atom. The Kier molecular flexibility index (Phi) is 5.39. The van der Waals surface area contributed by atoms with Crippen molar-refractivity contribution < 1.29 is 9.18 Å². The lowest BCUT2D eigenvalue weighted by molar-refractivity contribution is -0.130. The predicted molar refractivity (Wildman–Crippen MR) is 84.2 cm³/mol. The Balaban J connectivity index is 2.17. The lowest BCUT2D eigenvalue weighted by Gasteiger charge is -2.42. The fraction of sp³-hybridized carbons (Fsp3) is 0.588. The molecule has 1 fully saturated rings. The summed E-state index contributed by atoms with van der Waals surface area (Å²) in [5, 5.41) is 0.0722. The van der Waals surface area contributed by atoms with Crippen LogP contribution in [0, 0.1) is 5.82 Å². The summed E-state index contributed by atoms with van der Waals surface area (Å²) in [5.41, 5.74) is 0.106. The standard InChI is InChI=1S/C17H23ClFNO/c1-3-17(2,20-10-5-4-6-11-20)15(21)12-13-8-7-9-14(19)16(13)18/h7-9H,3-6,10-12H2,1-2H3. The van der Waals surface area contributed by atoms with Crippen molar-refractivity contribution in [3.8, 4) is 0 Å². The first-order chi connectivity index (χ1) is 9.99. The molecule has 0 saturated carbocycles. The van der Waals surface area contributed by atoms with E-state index in [1.54, 1.807) is 12.1 Å². The Hall–Kier alpha value is -0.930. The third kappa shape index (κ3) is 3.46. The maximum Gasteiger partial charge on any atom is 0.157 e. The van der Waals surface area contributed by atoms with Crippen LogP contribution in [-0.2, 0) is 11.2 Å². The molecule has 1 aliphatic rings. The number of Topliss-reactive ketones (excluding diaryl/α,β-unsaturated/α-hetero) is 1. The number of nitrogens with zero attached hydrogens (tertiary/aromatic N) is 1. The van der Waals surface area contributed by atoms with E-state index >= 15 is 0 Å². The van der Waals surface area contributed by atoms with Crippen LogP contribution in [0.4, 0.5) is 4.39 Å². The molecule has 0 amide bonds. The van der Waals surface area contributed by atoms with Crippen LogP contribution < -0.4 is 0 Å². The van der Waals surface area contributed by atoms with Crippen LogP contribution in [0.3, 0.4) is 0 Å². The monoisotopic (exact) mass is 311 g/mol. The summed E-state index contributed by atoms with van der Waals surface area (Å²) in [6, 6.07) is 4.66. The average molecular weight is 312 g/mol. The molecule has 0 aromatic heterocycles. The minimum atomic E-state index is -0.476. The number of piperidine rings is 1. The Morgan fingerprint density at radius 2 is 2.00 bits per heavy atom. The van der Waals surface area contributed by atoms with Crippen molar-refractivity contribution in [2.75, 3.05) is 13.1 Å². The van der Waals surface area contributed by atoms with Gasteiger partial charge in [-0.3, -0.25) is 9.69 Å². The zero-order chi connectivity index (χ0) is 15.5. The van der Waals surface area contributed by atoms with Crippen LogP contribution in [-0.4, -0.2) is 29.3 Å². The molecule has 0 aliphatic carbocycles. The number of rotatable bonds is 5. The Morgan fingerprint density at radius 3 is 2.62 bits per heavy atom. The lowest BCUT2D eigenvalue weighted by Crippen LogP contribution is -2.54. The van der Waals surface area contributed by atoms with Gasteiger partial charge in [0.25, 0.3) is 0 Å². The van der Waals surface area contributed by atoms with Crippen molar-refractivity contribution >= 4 is 17.4 Å². The van der Waals surface area contributed by atoms with Crippen molar-refractivity contribution in [1.82, 2.24) is 4.90 Å². The molecule has 0 N–H and O–H groups in total. The van der Waals surface area contributed by atoms with Gasteiger partial charge >= 0.3 is 0 Å². The SMILES string of the molecule is CCC(C)(C(=O)Cc1cccc(F)c1Cl)N1CCCCC1. The number of likely N-dealkylation sites (tertiary alicyclic amines) is 1. The van der Waals surface area contributed by atoms with E-state index in [4.69, 9.17) is 11.6 Å². The molecule has 2 rings (SSSR count). The summed E-state index contributed by atoms with van der Waals surface area (Å²) < 4.78 is 13.5. The van der Waals surface area contributed by atoms with Crippen molar-refractivity contribution in [3.05, 3.63) is 34.6 Å². The minimum Gasteiger partial charge on any atom is -0.297 e. The maximum absolute atomic E-state index is 13.5.